The molecule has 1 aromatic carbocycles. The Labute approximate surface area is 199 Å². The number of aryl methyl sites for hydroxylation is 2. The summed E-state index contributed by atoms with van der Waals surface area (Å²) in [7, 11) is 1.84. The van der Waals surface area contributed by atoms with Crippen molar-refractivity contribution >= 4 is 51.7 Å². The summed E-state index contributed by atoms with van der Waals surface area (Å²) in [6, 6.07) is 15.2. The van der Waals surface area contributed by atoms with Crippen molar-refractivity contribution in [2.24, 2.45) is 4.99 Å². The van der Waals surface area contributed by atoms with E-state index in [2.05, 4.69) is 77.8 Å². The molecule has 0 unspecified atom stereocenters. The van der Waals surface area contributed by atoms with Crippen molar-refractivity contribution in [3.8, 4) is 0 Å². The van der Waals surface area contributed by atoms with Crippen molar-refractivity contribution in [3.05, 3.63) is 58.2 Å². The van der Waals surface area contributed by atoms with Crippen LogP contribution in [0.15, 0.2) is 51.9 Å². The Balaban J connectivity index is 0.00000300. The Bertz CT molecular complexity index is 790. The Hall–Kier alpha value is -1.35. The SMILES string of the molecule is CN=C(NCCCc1cccc(Br)c1)NC1CCN(c2cccc(C)n2)CC1.I. The van der Waals surface area contributed by atoms with Gasteiger partial charge in [0.2, 0.25) is 0 Å². The molecular formula is C22H31BrIN5. The van der Waals surface area contributed by atoms with Crippen LogP contribution in [-0.2, 0) is 6.42 Å². The first-order valence-electron chi connectivity index (χ1n) is 10.0. The standard InChI is InChI=1S/C22H30BrN5.HI/c1-17-6-3-10-21(26-17)28-14-11-20(12-15-28)27-22(24-2)25-13-5-8-18-7-4-9-19(23)16-18;/h3-4,6-7,9-10,16,20H,5,8,11-15H2,1-2H3,(H2,24,25,27);1H. The van der Waals surface area contributed by atoms with E-state index in [9.17, 15) is 0 Å². The number of piperidine rings is 1. The number of hydrogen-bond acceptors (Lipinski definition) is 3. The minimum atomic E-state index is 0. The fourth-order valence-electron chi connectivity index (χ4n) is 3.54. The second-order valence-electron chi connectivity index (χ2n) is 7.28. The topological polar surface area (TPSA) is 52.6 Å². The van der Waals surface area contributed by atoms with Gasteiger partial charge in [0.1, 0.15) is 5.82 Å². The molecule has 0 bridgehead atoms. The van der Waals surface area contributed by atoms with Gasteiger partial charge in [-0.15, -0.1) is 24.0 Å². The fourth-order valence-corrected chi connectivity index (χ4v) is 3.98. The number of nitrogens with zero attached hydrogens (tertiary/aromatic N) is 3. The maximum absolute atomic E-state index is 4.65. The van der Waals surface area contributed by atoms with Gasteiger partial charge in [0.05, 0.1) is 0 Å². The van der Waals surface area contributed by atoms with Crippen LogP contribution in [0.2, 0.25) is 0 Å². The third-order valence-electron chi connectivity index (χ3n) is 5.08. The molecule has 2 heterocycles. The summed E-state index contributed by atoms with van der Waals surface area (Å²) in [6.45, 7) is 5.00. The quantitative estimate of drug-likeness (QED) is 0.231. The van der Waals surface area contributed by atoms with E-state index in [1.54, 1.807) is 0 Å². The number of pyridine rings is 1. The van der Waals surface area contributed by atoms with Gasteiger partial charge in [-0.2, -0.15) is 0 Å². The summed E-state index contributed by atoms with van der Waals surface area (Å²) < 4.78 is 1.14. The van der Waals surface area contributed by atoms with Gasteiger partial charge >= 0.3 is 0 Å². The minimum Gasteiger partial charge on any atom is -0.356 e. The zero-order valence-electron chi connectivity index (χ0n) is 17.2. The lowest BCUT2D eigenvalue weighted by atomic mass is 10.1. The summed E-state index contributed by atoms with van der Waals surface area (Å²) in [6.07, 6.45) is 4.32. The van der Waals surface area contributed by atoms with Gasteiger partial charge in [0, 0.05) is 42.9 Å². The number of nitrogens with one attached hydrogen (secondary N) is 2. The van der Waals surface area contributed by atoms with Gasteiger partial charge in [0.25, 0.3) is 0 Å². The summed E-state index contributed by atoms with van der Waals surface area (Å²) >= 11 is 3.53. The number of aliphatic imine (C=N–C) groups is 1. The third-order valence-corrected chi connectivity index (χ3v) is 5.57. The molecule has 0 saturated carbocycles. The first kappa shape index (κ1) is 23.9. The Morgan fingerprint density at radius 2 is 1.97 bits per heavy atom. The molecule has 29 heavy (non-hydrogen) atoms. The van der Waals surface area contributed by atoms with E-state index in [0.717, 1.165) is 67.3 Å². The van der Waals surface area contributed by atoms with Crippen LogP contribution in [-0.4, -0.2) is 43.7 Å². The third kappa shape index (κ3) is 7.77. The smallest absolute Gasteiger partial charge is 0.191 e. The van der Waals surface area contributed by atoms with E-state index in [1.807, 2.05) is 20.0 Å². The Kier molecular flexibility index (Phi) is 10.2. The lowest BCUT2D eigenvalue weighted by Gasteiger charge is -2.34. The molecule has 1 fully saturated rings. The van der Waals surface area contributed by atoms with Crippen molar-refractivity contribution in [3.63, 3.8) is 0 Å². The molecule has 5 nitrogen and oxygen atoms in total. The van der Waals surface area contributed by atoms with Gasteiger partial charge in [-0.1, -0.05) is 34.1 Å². The van der Waals surface area contributed by atoms with Gasteiger partial charge < -0.3 is 15.5 Å². The normalized spacial score (nSPS) is 15.0. The second-order valence-corrected chi connectivity index (χ2v) is 8.19. The summed E-state index contributed by atoms with van der Waals surface area (Å²) in [5, 5.41) is 7.03. The average molecular weight is 572 g/mol. The summed E-state index contributed by atoms with van der Waals surface area (Å²) in [4.78, 5) is 11.4. The molecule has 0 spiro atoms. The first-order chi connectivity index (χ1) is 13.6. The predicted octanol–water partition coefficient (Wildman–Crippen LogP) is 4.54. The lowest BCUT2D eigenvalue weighted by molar-refractivity contribution is 0.459. The van der Waals surface area contributed by atoms with Crippen LogP contribution < -0.4 is 15.5 Å². The Morgan fingerprint density at radius 3 is 2.66 bits per heavy atom. The molecule has 0 atom stereocenters. The van der Waals surface area contributed by atoms with Crippen LogP contribution in [0.5, 0.6) is 0 Å². The second kappa shape index (κ2) is 12.4. The van der Waals surface area contributed by atoms with Crippen LogP contribution >= 0.6 is 39.9 Å². The molecular weight excluding hydrogens is 541 g/mol. The van der Waals surface area contributed by atoms with Gasteiger partial charge in [0.15, 0.2) is 5.96 Å². The van der Waals surface area contributed by atoms with Gasteiger partial charge in [-0.25, -0.2) is 4.98 Å². The highest BCUT2D eigenvalue weighted by Crippen LogP contribution is 2.18. The Morgan fingerprint density at radius 1 is 1.21 bits per heavy atom. The molecule has 1 saturated heterocycles. The zero-order valence-corrected chi connectivity index (χ0v) is 21.1. The monoisotopic (exact) mass is 571 g/mol. The fraction of sp³-hybridized carbons (Fsp3) is 0.455. The van der Waals surface area contributed by atoms with Gasteiger partial charge in [-0.05, 0) is 62.4 Å². The average Bonchev–Trinajstić information content (AvgIpc) is 2.71. The molecule has 0 amide bonds. The zero-order chi connectivity index (χ0) is 19.8. The molecule has 1 aliphatic rings. The highest BCUT2D eigenvalue weighted by Gasteiger charge is 2.20. The number of benzene rings is 1. The van der Waals surface area contributed by atoms with E-state index >= 15 is 0 Å². The first-order valence-corrected chi connectivity index (χ1v) is 10.8. The number of hydrogen-bond donors (Lipinski definition) is 2. The van der Waals surface area contributed by atoms with Crippen molar-refractivity contribution in [2.75, 3.05) is 31.6 Å². The van der Waals surface area contributed by atoms with Crippen LogP contribution in [0.3, 0.4) is 0 Å². The lowest BCUT2D eigenvalue weighted by Crippen LogP contribution is -2.49. The number of aromatic nitrogens is 1. The van der Waals surface area contributed by atoms with Crippen LogP contribution in [0.1, 0.15) is 30.5 Å². The largest absolute Gasteiger partial charge is 0.356 e. The maximum Gasteiger partial charge on any atom is 0.191 e. The van der Waals surface area contributed by atoms with Crippen molar-refractivity contribution in [1.82, 2.24) is 15.6 Å². The molecule has 1 aromatic heterocycles. The highest BCUT2D eigenvalue weighted by molar-refractivity contribution is 14.0. The predicted molar refractivity (Wildman–Crippen MR) is 137 cm³/mol. The number of rotatable bonds is 6. The van der Waals surface area contributed by atoms with E-state index < -0.39 is 0 Å². The van der Waals surface area contributed by atoms with Gasteiger partial charge in [-0.3, -0.25) is 4.99 Å². The molecule has 158 valence electrons. The summed E-state index contributed by atoms with van der Waals surface area (Å²) in [5.41, 5.74) is 2.43. The van der Waals surface area contributed by atoms with Crippen molar-refractivity contribution < 1.29 is 0 Å². The number of guanidine groups is 1. The van der Waals surface area contributed by atoms with E-state index in [-0.39, 0.29) is 24.0 Å². The van der Waals surface area contributed by atoms with Crippen molar-refractivity contribution in [2.45, 2.75) is 38.6 Å². The molecule has 3 rings (SSSR count). The molecule has 2 aromatic rings. The molecule has 0 radical (unpaired) electrons. The number of anilines is 1. The van der Waals surface area contributed by atoms with Crippen molar-refractivity contribution in [1.29, 1.82) is 0 Å². The molecule has 7 heteroatoms. The number of halogens is 2. The van der Waals surface area contributed by atoms with E-state index in [0.29, 0.717) is 6.04 Å². The highest BCUT2D eigenvalue weighted by atomic mass is 127. The van der Waals surface area contributed by atoms with E-state index in [4.69, 9.17) is 0 Å². The maximum atomic E-state index is 4.65. The van der Waals surface area contributed by atoms with E-state index in [1.165, 1.54) is 5.56 Å². The van der Waals surface area contributed by atoms with Crippen LogP contribution in [0, 0.1) is 6.92 Å². The molecule has 0 aliphatic carbocycles. The summed E-state index contributed by atoms with van der Waals surface area (Å²) in [5.74, 6) is 2.00. The van der Waals surface area contributed by atoms with Crippen LogP contribution in [0.4, 0.5) is 5.82 Å². The molecule has 1 aliphatic heterocycles. The minimum absolute atomic E-state index is 0. The van der Waals surface area contributed by atoms with Crippen LogP contribution in [0.25, 0.3) is 0 Å². The molecule has 2 N–H and O–H groups in total.